The van der Waals surface area contributed by atoms with Crippen molar-refractivity contribution in [2.24, 2.45) is 5.92 Å². The lowest BCUT2D eigenvalue weighted by molar-refractivity contribution is -0.130. The molecule has 52 heavy (non-hydrogen) atoms. The number of thiazole rings is 1. The Morgan fingerprint density at radius 1 is 1.17 bits per heavy atom. The topological polar surface area (TPSA) is 169 Å². The number of sulfonamides is 1. The summed E-state index contributed by atoms with van der Waals surface area (Å²) in [6.45, 7) is 8.22. The van der Waals surface area contributed by atoms with Gasteiger partial charge in [0.2, 0.25) is 15.9 Å². The van der Waals surface area contributed by atoms with Crippen molar-refractivity contribution in [1.82, 2.24) is 30.2 Å². The Labute approximate surface area is 309 Å². The average Bonchev–Trinajstić information content (AvgIpc) is 3.96. The maximum atomic E-state index is 14.0. The van der Waals surface area contributed by atoms with E-state index in [4.69, 9.17) is 19.4 Å². The predicted octanol–water partition coefficient (Wildman–Crippen LogP) is 5.19. The number of carbonyl (C=O) groups is 3. The molecule has 3 atom stereocenters. The maximum absolute atomic E-state index is 14.0. The number of fused-ring (bicyclic) bond motifs is 2. The standard InChI is InChI=1S/C37H48N6O7S2/c1-22(2)28-21-51-33(39-28)27-19-30(25-12-13-29(49-6)23(3)31(25)38-27)50-18-14-26-32(44)41-37(34(45)42-52(47,48)36(4)15-16-36)20-24(37)11-9-7-8-10-17-43(5)35(46)40-26/h9,11-13,19,21-22,24,26H,7-8,10,14-18,20H2,1-6H3,(H,40,46)(H,41,44)(H,42,45)/b11-9-/t24?,26?,37-/m1/s1. The normalized spacial score (nSPS) is 23.9. The number of amides is 4. The van der Waals surface area contributed by atoms with Gasteiger partial charge in [-0.2, -0.15) is 0 Å². The third kappa shape index (κ3) is 7.61. The molecule has 3 heterocycles. The predicted molar refractivity (Wildman–Crippen MR) is 200 cm³/mol. The monoisotopic (exact) mass is 752 g/mol. The van der Waals surface area contributed by atoms with E-state index < -0.39 is 44.2 Å². The van der Waals surface area contributed by atoms with E-state index in [1.54, 1.807) is 21.1 Å². The van der Waals surface area contributed by atoms with Gasteiger partial charge in [-0.3, -0.25) is 14.3 Å². The van der Waals surface area contributed by atoms with Gasteiger partial charge in [-0.1, -0.05) is 26.0 Å². The molecule has 1 aromatic carbocycles. The number of nitrogens with one attached hydrogen (secondary N) is 3. The second-order valence-electron chi connectivity index (χ2n) is 14.7. The quantitative estimate of drug-likeness (QED) is 0.236. The second kappa shape index (κ2) is 14.6. The van der Waals surface area contributed by atoms with Gasteiger partial charge < -0.3 is 25.0 Å². The molecular formula is C37H48N6O7S2. The van der Waals surface area contributed by atoms with Gasteiger partial charge in [0.05, 0.1) is 29.7 Å². The van der Waals surface area contributed by atoms with Crippen LogP contribution in [0.25, 0.3) is 21.6 Å². The first kappa shape index (κ1) is 37.5. The lowest BCUT2D eigenvalue weighted by Crippen LogP contribution is -2.58. The molecule has 3 aromatic rings. The Morgan fingerprint density at radius 2 is 1.94 bits per heavy atom. The van der Waals surface area contributed by atoms with E-state index in [0.717, 1.165) is 40.9 Å². The molecule has 2 unspecified atom stereocenters. The summed E-state index contributed by atoms with van der Waals surface area (Å²) in [5.41, 5.74) is 1.67. The second-order valence-corrected chi connectivity index (χ2v) is 17.7. The molecular weight excluding hydrogens is 705 g/mol. The SMILES string of the molecule is COc1ccc2c(OCCC3NC(=O)N(C)CCCC/C=C\C4C[C@@]4(C(=O)NS(=O)(=O)C4(C)CC4)NC3=O)cc(-c3nc(C(C)C)cs3)nc2c1C. The van der Waals surface area contributed by atoms with Crippen LogP contribution in [0, 0.1) is 12.8 Å². The Hall–Kier alpha value is -4.24. The first-order valence-corrected chi connectivity index (χ1v) is 20.2. The number of hydrogen-bond donors (Lipinski definition) is 3. The molecule has 280 valence electrons. The molecule has 15 heteroatoms. The van der Waals surface area contributed by atoms with Crippen LogP contribution in [-0.2, 0) is 19.6 Å². The minimum atomic E-state index is -3.94. The molecule has 2 aliphatic carbocycles. The summed E-state index contributed by atoms with van der Waals surface area (Å²) in [6.07, 6.45) is 7.37. The van der Waals surface area contributed by atoms with Crippen molar-refractivity contribution in [2.45, 2.75) is 94.9 Å². The summed E-state index contributed by atoms with van der Waals surface area (Å²) >= 11 is 1.50. The highest BCUT2D eigenvalue weighted by Gasteiger charge is 2.62. The van der Waals surface area contributed by atoms with Crippen LogP contribution in [0.1, 0.15) is 82.9 Å². The molecule has 2 saturated carbocycles. The molecule has 3 N–H and O–H groups in total. The van der Waals surface area contributed by atoms with Crippen LogP contribution in [0.5, 0.6) is 11.5 Å². The van der Waals surface area contributed by atoms with Gasteiger partial charge in [-0.25, -0.2) is 23.2 Å². The number of aryl methyl sites for hydroxylation is 1. The number of ether oxygens (including phenoxy) is 2. The van der Waals surface area contributed by atoms with E-state index in [1.165, 1.54) is 16.2 Å². The number of pyridine rings is 1. The van der Waals surface area contributed by atoms with E-state index in [-0.39, 0.29) is 31.3 Å². The van der Waals surface area contributed by atoms with Gasteiger partial charge in [0.15, 0.2) is 0 Å². The van der Waals surface area contributed by atoms with Gasteiger partial charge in [0, 0.05) is 48.3 Å². The Bertz CT molecular complexity index is 2010. The van der Waals surface area contributed by atoms with Crippen molar-refractivity contribution in [2.75, 3.05) is 27.3 Å². The molecule has 4 amide bonds. The molecule has 13 nitrogen and oxygen atoms in total. The average molecular weight is 753 g/mol. The smallest absolute Gasteiger partial charge is 0.317 e. The number of hydrogen-bond acceptors (Lipinski definition) is 10. The number of allylic oxidation sites excluding steroid dienone is 1. The fraction of sp³-hybridized carbons (Fsp3) is 0.541. The Kier molecular flexibility index (Phi) is 10.6. The van der Waals surface area contributed by atoms with Crippen LogP contribution in [0.15, 0.2) is 35.7 Å². The van der Waals surface area contributed by atoms with Gasteiger partial charge in [0.25, 0.3) is 5.91 Å². The van der Waals surface area contributed by atoms with Crippen LogP contribution >= 0.6 is 11.3 Å². The molecule has 2 fully saturated rings. The molecule has 0 bridgehead atoms. The largest absolute Gasteiger partial charge is 0.496 e. The Morgan fingerprint density at radius 3 is 2.63 bits per heavy atom. The maximum Gasteiger partial charge on any atom is 0.317 e. The summed E-state index contributed by atoms with van der Waals surface area (Å²) in [5, 5.41) is 9.20. The lowest BCUT2D eigenvalue weighted by atomic mass is 10.1. The van der Waals surface area contributed by atoms with Gasteiger partial charge in [0.1, 0.15) is 33.8 Å². The summed E-state index contributed by atoms with van der Waals surface area (Å²) in [5.74, 6) is -0.300. The molecule has 0 spiro atoms. The minimum absolute atomic E-state index is 0.0239. The fourth-order valence-electron chi connectivity index (χ4n) is 6.36. The molecule has 6 rings (SSSR count). The van der Waals surface area contributed by atoms with Crippen LogP contribution in [0.2, 0.25) is 0 Å². The number of rotatable bonds is 10. The highest BCUT2D eigenvalue weighted by molar-refractivity contribution is 7.91. The van der Waals surface area contributed by atoms with Crippen LogP contribution in [0.4, 0.5) is 4.79 Å². The first-order valence-electron chi connectivity index (χ1n) is 17.8. The molecule has 1 aliphatic heterocycles. The summed E-state index contributed by atoms with van der Waals surface area (Å²) < 4.78 is 39.3. The van der Waals surface area contributed by atoms with Crippen LogP contribution in [-0.4, -0.2) is 84.8 Å². The van der Waals surface area contributed by atoms with Gasteiger partial charge in [-0.15, -0.1) is 11.3 Å². The molecule has 0 saturated heterocycles. The van der Waals surface area contributed by atoms with Crippen molar-refractivity contribution in [3.05, 3.63) is 47.0 Å². The number of urea groups is 1. The van der Waals surface area contributed by atoms with Crippen molar-refractivity contribution >= 4 is 50.1 Å². The van der Waals surface area contributed by atoms with Crippen molar-refractivity contribution in [3.63, 3.8) is 0 Å². The zero-order valence-electron chi connectivity index (χ0n) is 30.6. The zero-order chi connectivity index (χ0) is 37.4. The van der Waals surface area contributed by atoms with Crippen LogP contribution in [0.3, 0.4) is 0 Å². The first-order chi connectivity index (χ1) is 24.7. The van der Waals surface area contributed by atoms with E-state index in [0.29, 0.717) is 42.1 Å². The third-order valence-corrected chi connectivity index (χ3v) is 13.4. The summed E-state index contributed by atoms with van der Waals surface area (Å²) in [6, 6.07) is 4.03. The molecule has 2 aromatic heterocycles. The van der Waals surface area contributed by atoms with E-state index in [2.05, 4.69) is 29.2 Å². The van der Waals surface area contributed by atoms with Gasteiger partial charge >= 0.3 is 6.03 Å². The van der Waals surface area contributed by atoms with E-state index >= 15 is 0 Å². The minimum Gasteiger partial charge on any atom is -0.496 e. The highest BCUT2D eigenvalue weighted by atomic mass is 32.2. The highest BCUT2D eigenvalue weighted by Crippen LogP contribution is 2.47. The van der Waals surface area contributed by atoms with E-state index in [9.17, 15) is 22.8 Å². The van der Waals surface area contributed by atoms with Crippen molar-refractivity contribution < 1.29 is 32.3 Å². The lowest BCUT2D eigenvalue weighted by Gasteiger charge is -2.26. The fourth-order valence-corrected chi connectivity index (χ4v) is 8.61. The van der Waals surface area contributed by atoms with Crippen molar-refractivity contribution in [3.8, 4) is 22.2 Å². The number of carbonyl (C=O) groups excluding carboxylic acids is 3. The molecule has 0 radical (unpaired) electrons. The summed E-state index contributed by atoms with van der Waals surface area (Å²) in [4.78, 5) is 52.3. The van der Waals surface area contributed by atoms with Crippen molar-refractivity contribution in [1.29, 1.82) is 0 Å². The third-order valence-electron chi connectivity index (χ3n) is 10.4. The Balaban J connectivity index is 1.27. The van der Waals surface area contributed by atoms with Crippen LogP contribution < -0.4 is 24.8 Å². The van der Waals surface area contributed by atoms with E-state index in [1.807, 2.05) is 42.7 Å². The summed E-state index contributed by atoms with van der Waals surface area (Å²) in [7, 11) is -0.666. The number of methoxy groups -OCH3 is 1. The number of nitrogens with zero attached hydrogens (tertiary/aromatic N) is 3. The number of aromatic nitrogens is 2. The number of benzene rings is 1. The zero-order valence-corrected chi connectivity index (χ0v) is 32.2. The van der Waals surface area contributed by atoms with Gasteiger partial charge in [-0.05, 0) is 70.4 Å². The molecule has 3 aliphatic rings.